The van der Waals surface area contributed by atoms with Gasteiger partial charge in [0.15, 0.2) is 0 Å². The molecule has 3 fully saturated rings. The van der Waals surface area contributed by atoms with E-state index in [-0.39, 0.29) is 18.2 Å². The zero-order valence-electron chi connectivity index (χ0n) is 26.4. The summed E-state index contributed by atoms with van der Waals surface area (Å²) < 4.78 is 11.3. The molecule has 4 atom stereocenters. The average molecular weight is 610 g/mol. The minimum Gasteiger partial charge on any atom is -0.497 e. The highest BCUT2D eigenvalue weighted by Gasteiger charge is 2.75. The third kappa shape index (κ3) is 4.72. The van der Waals surface area contributed by atoms with E-state index in [4.69, 9.17) is 9.47 Å². The molecule has 234 valence electrons. The van der Waals surface area contributed by atoms with Crippen molar-refractivity contribution >= 4 is 35.0 Å². The van der Waals surface area contributed by atoms with Crippen molar-refractivity contribution in [1.29, 1.82) is 0 Å². The lowest BCUT2D eigenvalue weighted by Gasteiger charge is -2.39. The number of amides is 4. The van der Waals surface area contributed by atoms with Crippen molar-refractivity contribution in [2.75, 3.05) is 30.6 Å². The Labute approximate surface area is 263 Å². The van der Waals surface area contributed by atoms with Gasteiger partial charge >= 0.3 is 0 Å². The largest absolute Gasteiger partial charge is 0.497 e. The van der Waals surface area contributed by atoms with Crippen molar-refractivity contribution < 1.29 is 28.7 Å². The Morgan fingerprint density at radius 2 is 1.40 bits per heavy atom. The number of methoxy groups -OCH3 is 2. The number of anilines is 2. The second-order valence-electron chi connectivity index (χ2n) is 12.3. The van der Waals surface area contributed by atoms with Crippen LogP contribution in [-0.2, 0) is 19.2 Å². The van der Waals surface area contributed by atoms with Crippen LogP contribution in [0.1, 0.15) is 55.3 Å². The standard InChI is InChI=1S/C36H39N3O6/c1-6-7-8-19-37-32(27-18-17-26(44-4)20-28(27)45-5)30-31(34(42)39(33(30)41)25-15-11-23(3)12-16-25)36(37)21-29(40)38(35(36)43)24-13-9-22(2)10-14-24/h9-18,20,30-32H,6-8,19,21H2,1-5H3/t30-,31-,32-,36-/m1/s1. The highest BCUT2D eigenvalue weighted by atomic mass is 16.5. The second-order valence-corrected chi connectivity index (χ2v) is 12.3. The third-order valence-electron chi connectivity index (χ3n) is 9.64. The first-order valence-corrected chi connectivity index (χ1v) is 15.5. The molecule has 9 nitrogen and oxygen atoms in total. The number of unbranched alkanes of at least 4 members (excludes halogenated alkanes) is 2. The maximum Gasteiger partial charge on any atom is 0.255 e. The minimum atomic E-state index is -1.55. The van der Waals surface area contributed by atoms with Crippen molar-refractivity contribution in [3.8, 4) is 11.5 Å². The molecule has 0 radical (unpaired) electrons. The number of fused-ring (bicyclic) bond motifs is 2. The molecule has 0 aromatic heterocycles. The molecule has 3 aromatic rings. The molecular weight excluding hydrogens is 570 g/mol. The predicted molar refractivity (Wildman–Crippen MR) is 170 cm³/mol. The van der Waals surface area contributed by atoms with Gasteiger partial charge in [-0.1, -0.05) is 61.2 Å². The van der Waals surface area contributed by atoms with E-state index >= 15 is 0 Å². The average Bonchev–Trinajstić information content (AvgIpc) is 3.58. The normalized spacial score (nSPS) is 24.7. The maximum absolute atomic E-state index is 14.9. The number of rotatable bonds is 9. The third-order valence-corrected chi connectivity index (χ3v) is 9.64. The lowest BCUT2D eigenvalue weighted by Crippen LogP contribution is -2.57. The lowest BCUT2D eigenvalue weighted by atomic mass is 9.78. The number of carbonyl (C=O) groups excluding carboxylic acids is 4. The van der Waals surface area contributed by atoms with Crippen molar-refractivity contribution in [2.45, 2.75) is 58.0 Å². The van der Waals surface area contributed by atoms with Gasteiger partial charge in [0.05, 0.1) is 49.9 Å². The molecule has 0 saturated carbocycles. The summed E-state index contributed by atoms with van der Waals surface area (Å²) in [4.78, 5) is 62.5. The van der Waals surface area contributed by atoms with Crippen molar-refractivity contribution in [1.82, 2.24) is 4.90 Å². The van der Waals surface area contributed by atoms with E-state index in [1.807, 2.05) is 49.1 Å². The van der Waals surface area contributed by atoms with Gasteiger partial charge < -0.3 is 9.47 Å². The number of aryl methyl sites for hydroxylation is 2. The van der Waals surface area contributed by atoms with E-state index in [1.165, 1.54) is 9.80 Å². The van der Waals surface area contributed by atoms with Crippen molar-refractivity contribution in [3.05, 3.63) is 83.4 Å². The first-order chi connectivity index (χ1) is 21.7. The molecule has 0 N–H and O–H groups in total. The van der Waals surface area contributed by atoms with Gasteiger partial charge in [0.2, 0.25) is 17.7 Å². The van der Waals surface area contributed by atoms with E-state index < -0.39 is 35.2 Å². The molecule has 3 aliphatic heterocycles. The van der Waals surface area contributed by atoms with E-state index in [9.17, 15) is 19.2 Å². The summed E-state index contributed by atoms with van der Waals surface area (Å²) in [5, 5.41) is 0. The zero-order chi connectivity index (χ0) is 32.0. The number of ether oxygens (including phenoxy) is 2. The van der Waals surface area contributed by atoms with Crippen LogP contribution in [0.4, 0.5) is 11.4 Å². The number of benzene rings is 3. The fourth-order valence-electron chi connectivity index (χ4n) is 7.49. The van der Waals surface area contributed by atoms with Gasteiger partial charge in [-0.2, -0.15) is 0 Å². The van der Waals surface area contributed by atoms with Gasteiger partial charge in [-0.3, -0.25) is 24.1 Å². The molecule has 3 aliphatic rings. The molecular formula is C36H39N3O6. The van der Waals surface area contributed by atoms with Crippen LogP contribution in [0, 0.1) is 25.7 Å². The summed E-state index contributed by atoms with van der Waals surface area (Å²) in [6.45, 7) is 6.38. The van der Waals surface area contributed by atoms with E-state index in [0.29, 0.717) is 35.0 Å². The Morgan fingerprint density at radius 1 is 0.778 bits per heavy atom. The monoisotopic (exact) mass is 609 g/mol. The second kappa shape index (κ2) is 11.8. The van der Waals surface area contributed by atoms with Gasteiger partial charge in [0.25, 0.3) is 5.91 Å². The molecule has 3 aromatic carbocycles. The number of likely N-dealkylation sites (tertiary alicyclic amines) is 1. The number of hydrogen-bond acceptors (Lipinski definition) is 7. The zero-order valence-corrected chi connectivity index (χ0v) is 26.4. The van der Waals surface area contributed by atoms with Gasteiger partial charge in [0.1, 0.15) is 17.0 Å². The summed E-state index contributed by atoms with van der Waals surface area (Å²) in [6, 6.07) is 19.1. The Bertz CT molecular complexity index is 1650. The summed E-state index contributed by atoms with van der Waals surface area (Å²) in [7, 11) is 3.11. The molecule has 9 heteroatoms. The summed E-state index contributed by atoms with van der Waals surface area (Å²) in [5.74, 6) is -2.64. The molecule has 4 amide bonds. The molecule has 3 heterocycles. The summed E-state index contributed by atoms with van der Waals surface area (Å²) in [6.07, 6.45) is 2.34. The van der Waals surface area contributed by atoms with Crippen LogP contribution in [0.25, 0.3) is 0 Å². The summed E-state index contributed by atoms with van der Waals surface area (Å²) in [5.41, 5.74) is 2.00. The molecule has 1 spiro atoms. The predicted octanol–water partition coefficient (Wildman–Crippen LogP) is 5.38. The van der Waals surface area contributed by atoms with Crippen LogP contribution in [0.15, 0.2) is 66.7 Å². The fourth-order valence-corrected chi connectivity index (χ4v) is 7.49. The minimum absolute atomic E-state index is 0.206. The summed E-state index contributed by atoms with van der Waals surface area (Å²) >= 11 is 0. The Hall–Kier alpha value is -4.50. The molecule has 6 rings (SSSR count). The number of nitrogens with zero attached hydrogens (tertiary/aromatic N) is 3. The molecule has 0 aliphatic carbocycles. The maximum atomic E-state index is 14.9. The molecule has 0 bridgehead atoms. The van der Waals surface area contributed by atoms with Gasteiger partial charge in [-0.05, 0) is 57.1 Å². The van der Waals surface area contributed by atoms with Crippen LogP contribution in [0.3, 0.4) is 0 Å². The van der Waals surface area contributed by atoms with E-state index in [1.54, 1.807) is 50.6 Å². The van der Waals surface area contributed by atoms with Gasteiger partial charge in [-0.15, -0.1) is 0 Å². The molecule has 45 heavy (non-hydrogen) atoms. The lowest BCUT2D eigenvalue weighted by molar-refractivity contribution is -0.135. The number of carbonyl (C=O) groups is 4. The van der Waals surface area contributed by atoms with Crippen LogP contribution in [0.5, 0.6) is 11.5 Å². The first kappa shape index (κ1) is 30.5. The smallest absolute Gasteiger partial charge is 0.255 e. The SMILES string of the molecule is CCCCCN1[C@H](c2ccc(OC)cc2OC)[C@@H]2C(=O)N(c3ccc(C)cc3)C(=O)[C@@H]2[C@@]12CC(=O)N(c1ccc(C)cc1)C2=O. The highest BCUT2D eigenvalue weighted by molar-refractivity contribution is 6.30. The van der Waals surface area contributed by atoms with Crippen LogP contribution < -0.4 is 19.3 Å². The Kier molecular flexibility index (Phi) is 7.99. The molecule has 0 unspecified atom stereocenters. The Morgan fingerprint density at radius 3 is 1.98 bits per heavy atom. The first-order valence-electron chi connectivity index (χ1n) is 15.5. The van der Waals surface area contributed by atoms with Gasteiger partial charge in [-0.25, -0.2) is 9.80 Å². The topological polar surface area (TPSA) is 96.5 Å². The van der Waals surface area contributed by atoms with Crippen molar-refractivity contribution in [2.24, 2.45) is 11.8 Å². The Balaban J connectivity index is 1.57. The fraction of sp³-hybridized carbons (Fsp3) is 0.389. The van der Waals surface area contributed by atoms with E-state index in [2.05, 4.69) is 6.92 Å². The van der Waals surface area contributed by atoms with Crippen LogP contribution in [-0.4, -0.2) is 54.8 Å². The number of imide groups is 2. The van der Waals surface area contributed by atoms with Crippen molar-refractivity contribution in [3.63, 3.8) is 0 Å². The molecule has 3 saturated heterocycles. The van der Waals surface area contributed by atoms with E-state index in [0.717, 1.165) is 30.4 Å². The van der Waals surface area contributed by atoms with Gasteiger partial charge in [0, 0.05) is 11.6 Å². The highest BCUT2D eigenvalue weighted by Crippen LogP contribution is 2.60. The van der Waals surface area contributed by atoms with Crippen LogP contribution >= 0.6 is 0 Å². The number of hydrogen-bond donors (Lipinski definition) is 0. The van der Waals surface area contributed by atoms with Crippen LogP contribution in [0.2, 0.25) is 0 Å². The quantitative estimate of drug-likeness (QED) is 0.238.